The van der Waals surface area contributed by atoms with Crippen LogP contribution in [0.25, 0.3) is 0 Å². The van der Waals surface area contributed by atoms with E-state index in [1.165, 1.54) is 11.1 Å². The maximum Gasteiger partial charge on any atom is 0.221 e. The SMILES string of the molecule is CC(C)N(C)Cc1cccc(CNC(=O)CC2CSCCN2)c1.Cl.Cl. The zero-order valence-corrected chi connectivity index (χ0v) is 17.7. The van der Waals surface area contributed by atoms with E-state index in [0.29, 0.717) is 25.0 Å². The molecular weight excluding hydrogens is 377 g/mol. The highest BCUT2D eigenvalue weighted by Gasteiger charge is 2.16. The lowest BCUT2D eigenvalue weighted by molar-refractivity contribution is -0.121. The van der Waals surface area contributed by atoms with Crippen molar-refractivity contribution in [3.05, 3.63) is 35.4 Å². The van der Waals surface area contributed by atoms with E-state index in [-0.39, 0.29) is 30.7 Å². The molecule has 25 heavy (non-hydrogen) atoms. The first-order chi connectivity index (χ1) is 11.0. The molecule has 1 aromatic carbocycles. The highest BCUT2D eigenvalue weighted by Crippen LogP contribution is 2.11. The van der Waals surface area contributed by atoms with Crippen LogP contribution in [0.4, 0.5) is 0 Å². The molecule has 1 heterocycles. The minimum absolute atomic E-state index is 0. The number of halogens is 2. The molecule has 0 bridgehead atoms. The van der Waals surface area contributed by atoms with E-state index in [4.69, 9.17) is 0 Å². The summed E-state index contributed by atoms with van der Waals surface area (Å²) < 4.78 is 0. The lowest BCUT2D eigenvalue weighted by Gasteiger charge is -2.22. The number of benzene rings is 1. The van der Waals surface area contributed by atoms with Crippen molar-refractivity contribution in [1.29, 1.82) is 0 Å². The highest BCUT2D eigenvalue weighted by molar-refractivity contribution is 7.99. The van der Waals surface area contributed by atoms with Gasteiger partial charge in [-0.15, -0.1) is 24.8 Å². The molecule has 2 N–H and O–H groups in total. The van der Waals surface area contributed by atoms with Crippen LogP contribution in [0.15, 0.2) is 24.3 Å². The summed E-state index contributed by atoms with van der Waals surface area (Å²) in [5.74, 6) is 2.31. The molecule has 144 valence electrons. The molecule has 4 nitrogen and oxygen atoms in total. The minimum Gasteiger partial charge on any atom is -0.352 e. The normalized spacial score (nSPS) is 16.9. The molecule has 0 saturated carbocycles. The van der Waals surface area contributed by atoms with Gasteiger partial charge >= 0.3 is 0 Å². The summed E-state index contributed by atoms with van der Waals surface area (Å²) >= 11 is 1.92. The van der Waals surface area contributed by atoms with E-state index < -0.39 is 0 Å². The van der Waals surface area contributed by atoms with Crippen LogP contribution in [0.1, 0.15) is 31.4 Å². The van der Waals surface area contributed by atoms with Crippen LogP contribution in [0, 0.1) is 0 Å². The second kappa shape index (κ2) is 12.8. The first kappa shape index (κ1) is 24.5. The van der Waals surface area contributed by atoms with E-state index in [1.54, 1.807) is 0 Å². The van der Waals surface area contributed by atoms with Crippen LogP contribution in [0.2, 0.25) is 0 Å². The zero-order chi connectivity index (χ0) is 16.7. The number of rotatable bonds is 7. The van der Waals surface area contributed by atoms with Gasteiger partial charge in [0.1, 0.15) is 0 Å². The maximum absolute atomic E-state index is 12.1. The third-order valence-corrected chi connectivity index (χ3v) is 5.36. The van der Waals surface area contributed by atoms with Gasteiger partial charge in [0.15, 0.2) is 0 Å². The van der Waals surface area contributed by atoms with Gasteiger partial charge in [-0.3, -0.25) is 9.69 Å². The number of nitrogens with one attached hydrogen (secondary N) is 2. The average molecular weight is 408 g/mol. The quantitative estimate of drug-likeness (QED) is 0.728. The molecule has 2 rings (SSSR count). The van der Waals surface area contributed by atoms with Crippen molar-refractivity contribution in [2.45, 2.75) is 45.4 Å². The van der Waals surface area contributed by atoms with Gasteiger partial charge in [0, 0.05) is 49.6 Å². The molecule has 1 atom stereocenters. The predicted octanol–water partition coefficient (Wildman–Crippen LogP) is 3.08. The zero-order valence-electron chi connectivity index (χ0n) is 15.3. The number of thioether (sulfide) groups is 1. The Labute approximate surface area is 168 Å². The molecule has 1 aliphatic heterocycles. The van der Waals surface area contributed by atoms with Gasteiger partial charge in [-0.05, 0) is 32.0 Å². The monoisotopic (exact) mass is 407 g/mol. The summed E-state index contributed by atoms with van der Waals surface area (Å²) in [7, 11) is 2.13. The number of carbonyl (C=O) groups excluding carboxylic acids is 1. The molecule has 1 aliphatic rings. The average Bonchev–Trinajstić information content (AvgIpc) is 2.54. The van der Waals surface area contributed by atoms with Crippen molar-refractivity contribution >= 4 is 42.5 Å². The van der Waals surface area contributed by atoms with E-state index in [2.05, 4.69) is 60.7 Å². The molecule has 1 unspecified atom stereocenters. The Balaban J connectivity index is 0.00000288. The van der Waals surface area contributed by atoms with Crippen molar-refractivity contribution in [2.24, 2.45) is 0 Å². The van der Waals surface area contributed by atoms with Crippen molar-refractivity contribution < 1.29 is 4.79 Å². The molecule has 0 aromatic heterocycles. The Morgan fingerprint density at radius 2 is 2.08 bits per heavy atom. The largest absolute Gasteiger partial charge is 0.352 e. The Bertz CT molecular complexity index is 511. The Morgan fingerprint density at radius 3 is 2.72 bits per heavy atom. The number of nitrogens with zero attached hydrogens (tertiary/aromatic N) is 1. The fourth-order valence-corrected chi connectivity index (χ4v) is 3.51. The lowest BCUT2D eigenvalue weighted by Crippen LogP contribution is -2.41. The van der Waals surface area contributed by atoms with Crippen LogP contribution >= 0.6 is 36.6 Å². The highest BCUT2D eigenvalue weighted by atomic mass is 35.5. The standard InChI is InChI=1S/C18H29N3OS.2ClH/c1-14(2)21(3)12-16-6-4-5-15(9-16)11-20-18(22)10-17-13-23-8-7-19-17;;/h4-6,9,14,17,19H,7-8,10-13H2,1-3H3,(H,20,22);2*1H. The summed E-state index contributed by atoms with van der Waals surface area (Å²) in [6, 6.07) is 9.33. The number of carbonyl (C=O) groups is 1. The summed E-state index contributed by atoms with van der Waals surface area (Å²) in [6.45, 7) is 6.94. The van der Waals surface area contributed by atoms with Gasteiger partial charge in [0.2, 0.25) is 5.91 Å². The molecule has 1 saturated heterocycles. The fourth-order valence-electron chi connectivity index (χ4n) is 2.56. The molecule has 7 heteroatoms. The summed E-state index contributed by atoms with van der Waals surface area (Å²) in [5, 5.41) is 6.45. The smallest absolute Gasteiger partial charge is 0.221 e. The van der Waals surface area contributed by atoms with Crippen LogP contribution in [-0.4, -0.2) is 48.0 Å². The summed E-state index contributed by atoms with van der Waals surface area (Å²) in [4.78, 5) is 14.4. The van der Waals surface area contributed by atoms with Crippen molar-refractivity contribution in [3.8, 4) is 0 Å². The van der Waals surface area contributed by atoms with Gasteiger partial charge < -0.3 is 10.6 Å². The number of hydrogen-bond donors (Lipinski definition) is 2. The van der Waals surface area contributed by atoms with Gasteiger partial charge in [-0.1, -0.05) is 24.3 Å². The number of hydrogen-bond acceptors (Lipinski definition) is 4. The van der Waals surface area contributed by atoms with Gasteiger partial charge in [0.05, 0.1) is 0 Å². The maximum atomic E-state index is 12.1. The fraction of sp³-hybridized carbons (Fsp3) is 0.611. The Kier molecular flexibility index (Phi) is 12.6. The van der Waals surface area contributed by atoms with Crippen molar-refractivity contribution in [1.82, 2.24) is 15.5 Å². The van der Waals surface area contributed by atoms with Crippen LogP contribution in [0.5, 0.6) is 0 Å². The Morgan fingerprint density at radius 1 is 1.36 bits per heavy atom. The van der Waals surface area contributed by atoms with E-state index in [0.717, 1.165) is 24.6 Å². The van der Waals surface area contributed by atoms with E-state index in [1.807, 2.05) is 11.8 Å². The Hall–Kier alpha value is -0.460. The molecule has 0 aliphatic carbocycles. The third kappa shape index (κ3) is 9.15. The molecular formula is C18H31Cl2N3OS. The van der Waals surface area contributed by atoms with E-state index in [9.17, 15) is 4.79 Å². The molecule has 1 fully saturated rings. The van der Waals surface area contributed by atoms with Crippen molar-refractivity contribution in [2.75, 3.05) is 25.1 Å². The summed E-state index contributed by atoms with van der Waals surface area (Å²) in [5.41, 5.74) is 2.46. The van der Waals surface area contributed by atoms with Gasteiger partial charge in [0.25, 0.3) is 0 Å². The summed E-state index contributed by atoms with van der Waals surface area (Å²) in [6.07, 6.45) is 0.572. The second-order valence-electron chi connectivity index (χ2n) is 6.54. The van der Waals surface area contributed by atoms with Crippen molar-refractivity contribution in [3.63, 3.8) is 0 Å². The lowest BCUT2D eigenvalue weighted by atomic mass is 10.1. The second-order valence-corrected chi connectivity index (χ2v) is 7.69. The molecule has 1 amide bonds. The van der Waals surface area contributed by atoms with Crippen LogP contribution in [-0.2, 0) is 17.9 Å². The molecule has 1 aromatic rings. The van der Waals surface area contributed by atoms with Crippen LogP contribution in [0.3, 0.4) is 0 Å². The number of amides is 1. The first-order valence-corrected chi connectivity index (χ1v) is 9.56. The van der Waals surface area contributed by atoms with Crippen LogP contribution < -0.4 is 10.6 Å². The third-order valence-electron chi connectivity index (χ3n) is 4.22. The topological polar surface area (TPSA) is 44.4 Å². The first-order valence-electron chi connectivity index (χ1n) is 8.40. The minimum atomic E-state index is 0. The molecule has 0 spiro atoms. The van der Waals surface area contributed by atoms with Gasteiger partial charge in [-0.2, -0.15) is 11.8 Å². The van der Waals surface area contributed by atoms with E-state index >= 15 is 0 Å². The van der Waals surface area contributed by atoms with Gasteiger partial charge in [-0.25, -0.2) is 0 Å². The predicted molar refractivity (Wildman–Crippen MR) is 113 cm³/mol. The molecule has 0 radical (unpaired) electrons.